The van der Waals surface area contributed by atoms with Crippen LogP contribution >= 0.6 is 11.6 Å². The Morgan fingerprint density at radius 2 is 1.91 bits per heavy atom. The molecule has 0 unspecified atom stereocenters. The van der Waals surface area contributed by atoms with E-state index >= 15 is 0 Å². The smallest absolute Gasteiger partial charge is 0.305 e. The number of nitrogens with one attached hydrogen (secondary N) is 1. The Hall–Kier alpha value is -1.80. The first-order valence-corrected chi connectivity index (χ1v) is 8.34. The summed E-state index contributed by atoms with van der Waals surface area (Å²) in [7, 11) is -4.20. The Labute approximate surface area is 134 Å². The predicted octanol–water partition coefficient (Wildman–Crippen LogP) is 2.06. The van der Waals surface area contributed by atoms with Crippen molar-refractivity contribution >= 4 is 39.4 Å². The number of urea groups is 1. The molecule has 1 aliphatic rings. The van der Waals surface area contributed by atoms with Gasteiger partial charge in [0, 0.05) is 6.54 Å². The molecule has 0 atom stereocenters. The molecule has 3 amide bonds. The standard InChI is InChI=1S/C13H16ClN3O4S/c1-4-16-11(18)13(2,3)17(22(16,20)21)12(19)15-10-8-6-5-7-9(10)14/h5-8H,4H2,1-3H3,(H,15,19). The summed E-state index contributed by atoms with van der Waals surface area (Å²) in [6.07, 6.45) is 0. The molecule has 0 bridgehead atoms. The second-order valence-electron chi connectivity index (χ2n) is 5.21. The molecule has 1 saturated heterocycles. The molecule has 0 spiro atoms. The second kappa shape index (κ2) is 5.44. The van der Waals surface area contributed by atoms with Crippen molar-refractivity contribution in [3.63, 3.8) is 0 Å². The molecule has 22 heavy (non-hydrogen) atoms. The fourth-order valence-electron chi connectivity index (χ4n) is 2.28. The minimum atomic E-state index is -4.20. The molecule has 1 fully saturated rings. The van der Waals surface area contributed by atoms with E-state index in [2.05, 4.69) is 5.32 Å². The fraction of sp³-hybridized carbons (Fsp3) is 0.385. The highest BCUT2D eigenvalue weighted by Gasteiger charge is 2.57. The van der Waals surface area contributed by atoms with Crippen LogP contribution in [0.3, 0.4) is 0 Å². The van der Waals surface area contributed by atoms with E-state index in [1.165, 1.54) is 26.8 Å². The minimum absolute atomic E-state index is 0.0412. The van der Waals surface area contributed by atoms with Crippen molar-refractivity contribution in [2.45, 2.75) is 26.3 Å². The largest absolute Gasteiger partial charge is 0.337 e. The first-order chi connectivity index (χ1) is 10.1. The Kier molecular flexibility index (Phi) is 4.09. The first kappa shape index (κ1) is 16.6. The average Bonchev–Trinajstić information content (AvgIpc) is 2.54. The van der Waals surface area contributed by atoms with Crippen LogP contribution in [0.1, 0.15) is 20.8 Å². The van der Waals surface area contributed by atoms with E-state index in [0.717, 1.165) is 0 Å². The number of amides is 3. The van der Waals surface area contributed by atoms with Gasteiger partial charge < -0.3 is 5.32 Å². The molecule has 1 aromatic carbocycles. The van der Waals surface area contributed by atoms with Gasteiger partial charge in [-0.05, 0) is 32.9 Å². The van der Waals surface area contributed by atoms with Crippen LogP contribution in [0.4, 0.5) is 10.5 Å². The van der Waals surface area contributed by atoms with Crippen LogP contribution in [0.2, 0.25) is 5.02 Å². The van der Waals surface area contributed by atoms with E-state index in [4.69, 9.17) is 11.6 Å². The number of hydrogen-bond acceptors (Lipinski definition) is 4. The lowest BCUT2D eigenvalue weighted by Crippen LogP contribution is -2.49. The van der Waals surface area contributed by atoms with E-state index in [1.807, 2.05) is 0 Å². The monoisotopic (exact) mass is 345 g/mol. The summed E-state index contributed by atoms with van der Waals surface area (Å²) in [6.45, 7) is 4.25. The summed E-state index contributed by atoms with van der Waals surface area (Å²) < 4.78 is 26.0. The quantitative estimate of drug-likeness (QED) is 0.888. The molecular weight excluding hydrogens is 330 g/mol. The maximum Gasteiger partial charge on any atom is 0.337 e. The van der Waals surface area contributed by atoms with Crippen molar-refractivity contribution in [3.8, 4) is 0 Å². The molecule has 7 nitrogen and oxygen atoms in total. The zero-order valence-electron chi connectivity index (χ0n) is 12.3. The summed E-state index contributed by atoms with van der Waals surface area (Å²) in [4.78, 5) is 24.6. The number of carbonyl (C=O) groups excluding carboxylic acids is 2. The van der Waals surface area contributed by atoms with Gasteiger partial charge in [-0.2, -0.15) is 12.7 Å². The molecule has 1 aromatic rings. The minimum Gasteiger partial charge on any atom is -0.305 e. The molecule has 1 heterocycles. The van der Waals surface area contributed by atoms with Crippen LogP contribution in [0.5, 0.6) is 0 Å². The molecule has 0 saturated carbocycles. The van der Waals surface area contributed by atoms with Gasteiger partial charge in [-0.15, -0.1) is 0 Å². The topological polar surface area (TPSA) is 86.8 Å². The van der Waals surface area contributed by atoms with Gasteiger partial charge in [0.25, 0.3) is 5.91 Å². The van der Waals surface area contributed by atoms with Crippen LogP contribution in [0.15, 0.2) is 24.3 Å². The van der Waals surface area contributed by atoms with Crippen LogP contribution in [0.25, 0.3) is 0 Å². The summed E-state index contributed by atoms with van der Waals surface area (Å²) in [6, 6.07) is 5.49. The van der Waals surface area contributed by atoms with Gasteiger partial charge in [0.2, 0.25) is 0 Å². The van der Waals surface area contributed by atoms with Crippen molar-refractivity contribution < 1.29 is 18.0 Å². The number of hydrogen-bond donors (Lipinski definition) is 1. The molecular formula is C13H16ClN3O4S. The number of carbonyl (C=O) groups is 2. The third-order valence-corrected chi connectivity index (χ3v) is 5.75. The van der Waals surface area contributed by atoms with E-state index < -0.39 is 27.7 Å². The molecule has 1 aliphatic heterocycles. The predicted molar refractivity (Wildman–Crippen MR) is 82.7 cm³/mol. The Balaban J connectivity index is 2.40. The molecule has 0 aromatic heterocycles. The van der Waals surface area contributed by atoms with Crippen LogP contribution in [-0.4, -0.2) is 41.1 Å². The van der Waals surface area contributed by atoms with Gasteiger partial charge in [-0.1, -0.05) is 23.7 Å². The lowest BCUT2D eigenvalue weighted by atomic mass is 10.1. The lowest BCUT2D eigenvalue weighted by molar-refractivity contribution is -0.130. The van der Waals surface area contributed by atoms with E-state index in [0.29, 0.717) is 8.61 Å². The number of likely N-dealkylation sites (N-methyl/N-ethyl adjacent to an activating group) is 1. The van der Waals surface area contributed by atoms with E-state index in [9.17, 15) is 18.0 Å². The third-order valence-electron chi connectivity index (χ3n) is 3.35. The zero-order chi connectivity index (χ0) is 16.7. The van der Waals surface area contributed by atoms with Crippen molar-refractivity contribution in [3.05, 3.63) is 29.3 Å². The number of benzene rings is 1. The molecule has 0 radical (unpaired) electrons. The normalized spacial score (nSPS) is 19.4. The van der Waals surface area contributed by atoms with Crippen molar-refractivity contribution in [1.82, 2.24) is 8.61 Å². The number of rotatable bonds is 2. The molecule has 9 heteroatoms. The zero-order valence-corrected chi connectivity index (χ0v) is 13.9. The van der Waals surface area contributed by atoms with Gasteiger partial charge in [0.05, 0.1) is 10.7 Å². The van der Waals surface area contributed by atoms with Crippen LogP contribution in [0, 0.1) is 0 Å². The third kappa shape index (κ3) is 2.42. The number of anilines is 1. The fourth-order valence-corrected chi connectivity index (χ4v) is 4.33. The summed E-state index contributed by atoms with van der Waals surface area (Å²) >= 11 is 5.94. The van der Waals surface area contributed by atoms with E-state index in [1.54, 1.807) is 18.2 Å². The van der Waals surface area contributed by atoms with Gasteiger partial charge >= 0.3 is 16.2 Å². The Morgan fingerprint density at radius 1 is 1.32 bits per heavy atom. The van der Waals surface area contributed by atoms with Crippen LogP contribution < -0.4 is 5.32 Å². The highest BCUT2D eigenvalue weighted by Crippen LogP contribution is 2.33. The molecule has 2 rings (SSSR count). The lowest BCUT2D eigenvalue weighted by Gasteiger charge is -2.26. The maximum absolute atomic E-state index is 12.4. The second-order valence-corrected chi connectivity index (χ2v) is 7.32. The van der Waals surface area contributed by atoms with Gasteiger partial charge in [-0.3, -0.25) is 4.79 Å². The summed E-state index contributed by atoms with van der Waals surface area (Å²) in [5.74, 6) is -0.649. The Morgan fingerprint density at radius 3 is 2.41 bits per heavy atom. The van der Waals surface area contributed by atoms with Crippen molar-refractivity contribution in [2.24, 2.45) is 0 Å². The highest BCUT2D eigenvalue weighted by atomic mass is 35.5. The Bertz CT molecular complexity index is 733. The van der Waals surface area contributed by atoms with Crippen LogP contribution in [-0.2, 0) is 15.0 Å². The van der Waals surface area contributed by atoms with Gasteiger partial charge in [0.1, 0.15) is 5.54 Å². The number of halogens is 1. The maximum atomic E-state index is 12.4. The number of nitrogens with zero attached hydrogens (tertiary/aromatic N) is 2. The van der Waals surface area contributed by atoms with Gasteiger partial charge in [0.15, 0.2) is 0 Å². The van der Waals surface area contributed by atoms with Crippen molar-refractivity contribution in [1.29, 1.82) is 0 Å². The SMILES string of the molecule is CCN1C(=O)C(C)(C)N(C(=O)Nc2ccccc2Cl)S1(=O)=O. The summed E-state index contributed by atoms with van der Waals surface area (Å²) in [5, 5.41) is 2.69. The van der Waals surface area contributed by atoms with Crippen molar-refractivity contribution in [2.75, 3.05) is 11.9 Å². The highest BCUT2D eigenvalue weighted by molar-refractivity contribution is 7.88. The molecule has 120 valence electrons. The summed E-state index contributed by atoms with van der Waals surface area (Å²) in [5.41, 5.74) is -1.23. The van der Waals surface area contributed by atoms with Gasteiger partial charge in [-0.25, -0.2) is 9.10 Å². The first-order valence-electron chi connectivity index (χ1n) is 6.57. The molecule has 1 N–H and O–H groups in total. The van der Waals surface area contributed by atoms with E-state index in [-0.39, 0.29) is 17.3 Å². The number of para-hydroxylation sites is 1. The average molecular weight is 346 g/mol. The molecule has 0 aliphatic carbocycles.